The van der Waals surface area contributed by atoms with Crippen molar-refractivity contribution >= 4 is 36.4 Å². The number of rotatable bonds is 6. The Hall–Kier alpha value is -2.01. The molecule has 0 aliphatic heterocycles. The van der Waals surface area contributed by atoms with Crippen LogP contribution >= 0.6 is 15.9 Å². The number of nitrogens with zero attached hydrogens (tertiary/aromatic N) is 1. The van der Waals surface area contributed by atoms with E-state index in [0.29, 0.717) is 0 Å². The minimum absolute atomic E-state index is 0.00261. The average Bonchev–Trinajstić information content (AvgIpc) is 2.72. The second-order valence-corrected chi connectivity index (χ2v) is 11.6. The van der Waals surface area contributed by atoms with Crippen molar-refractivity contribution in [2.24, 2.45) is 10.4 Å². The molecule has 0 amide bonds. The first-order valence-corrected chi connectivity index (χ1v) is 13.4. The van der Waals surface area contributed by atoms with Crippen molar-refractivity contribution in [3.05, 3.63) is 100 Å². The molecule has 0 aromatic heterocycles. The molecular formula is C26H29BrNOSi. The highest BCUT2D eigenvalue weighted by Gasteiger charge is 2.30. The predicted octanol–water partition coefficient (Wildman–Crippen LogP) is 7.97. The van der Waals surface area contributed by atoms with Gasteiger partial charge in [-0.05, 0) is 42.3 Å². The Morgan fingerprint density at radius 2 is 1.40 bits per heavy atom. The number of hydrogen-bond acceptors (Lipinski definition) is 2. The van der Waals surface area contributed by atoms with Gasteiger partial charge in [0.05, 0.1) is 17.5 Å². The molecule has 4 heteroatoms. The SMILES string of the molecule is C[Si](C)OC(c1cc(N=C(c2ccccc2)c2ccccc2)ccc1Br)C(C)(C)C. The molecule has 0 bridgehead atoms. The zero-order valence-electron chi connectivity index (χ0n) is 18.3. The van der Waals surface area contributed by atoms with E-state index in [0.717, 1.165) is 32.6 Å². The first-order valence-electron chi connectivity index (χ1n) is 10.2. The second-order valence-electron chi connectivity index (χ2n) is 8.67. The molecule has 3 aromatic carbocycles. The summed E-state index contributed by atoms with van der Waals surface area (Å²) < 4.78 is 7.50. The summed E-state index contributed by atoms with van der Waals surface area (Å²) >= 11 is 3.75. The highest BCUT2D eigenvalue weighted by atomic mass is 79.9. The van der Waals surface area contributed by atoms with Crippen molar-refractivity contribution in [3.63, 3.8) is 0 Å². The van der Waals surface area contributed by atoms with Gasteiger partial charge in [0, 0.05) is 15.6 Å². The Morgan fingerprint density at radius 1 is 0.867 bits per heavy atom. The van der Waals surface area contributed by atoms with Gasteiger partial charge in [-0.15, -0.1) is 0 Å². The number of hydrogen-bond donors (Lipinski definition) is 0. The molecule has 3 aromatic rings. The van der Waals surface area contributed by atoms with Crippen LogP contribution < -0.4 is 0 Å². The molecule has 1 unspecified atom stereocenters. The Labute approximate surface area is 190 Å². The highest BCUT2D eigenvalue weighted by Crippen LogP contribution is 2.41. The summed E-state index contributed by atoms with van der Waals surface area (Å²) in [4.78, 5) is 5.09. The molecule has 0 heterocycles. The quantitative estimate of drug-likeness (QED) is 0.259. The summed E-state index contributed by atoms with van der Waals surface area (Å²) in [5.41, 5.74) is 5.22. The largest absolute Gasteiger partial charge is 0.410 e. The highest BCUT2D eigenvalue weighted by molar-refractivity contribution is 9.10. The van der Waals surface area contributed by atoms with Crippen molar-refractivity contribution in [1.82, 2.24) is 0 Å². The van der Waals surface area contributed by atoms with Gasteiger partial charge in [0.1, 0.15) is 0 Å². The Morgan fingerprint density at radius 3 is 1.87 bits per heavy atom. The molecule has 0 saturated carbocycles. The van der Waals surface area contributed by atoms with Crippen LogP contribution in [0.2, 0.25) is 13.1 Å². The van der Waals surface area contributed by atoms with Gasteiger partial charge in [0.15, 0.2) is 0 Å². The third kappa shape index (κ3) is 5.78. The van der Waals surface area contributed by atoms with Crippen molar-refractivity contribution in [2.75, 3.05) is 0 Å². The van der Waals surface area contributed by atoms with E-state index >= 15 is 0 Å². The summed E-state index contributed by atoms with van der Waals surface area (Å²) in [5, 5.41) is 0. The smallest absolute Gasteiger partial charge is 0.205 e. The van der Waals surface area contributed by atoms with Crippen molar-refractivity contribution in [1.29, 1.82) is 0 Å². The molecule has 0 aliphatic rings. The normalized spacial score (nSPS) is 12.6. The van der Waals surface area contributed by atoms with Crippen LogP contribution in [0.15, 0.2) is 88.3 Å². The first kappa shape index (κ1) is 22.7. The van der Waals surface area contributed by atoms with E-state index in [1.807, 2.05) is 12.1 Å². The minimum Gasteiger partial charge on any atom is -0.410 e. The molecule has 155 valence electrons. The van der Waals surface area contributed by atoms with Gasteiger partial charge < -0.3 is 4.43 Å². The van der Waals surface area contributed by atoms with Crippen molar-refractivity contribution in [2.45, 2.75) is 40.0 Å². The van der Waals surface area contributed by atoms with Crippen LogP contribution in [0.4, 0.5) is 5.69 Å². The van der Waals surface area contributed by atoms with E-state index in [1.54, 1.807) is 0 Å². The van der Waals surface area contributed by atoms with E-state index in [-0.39, 0.29) is 11.5 Å². The summed E-state index contributed by atoms with van der Waals surface area (Å²) in [7, 11) is -0.857. The molecule has 0 spiro atoms. The van der Waals surface area contributed by atoms with Crippen LogP contribution in [0.25, 0.3) is 0 Å². The third-order valence-electron chi connectivity index (χ3n) is 4.74. The molecular weight excluding hydrogens is 450 g/mol. The molecule has 0 fully saturated rings. The molecule has 3 rings (SSSR count). The molecule has 2 nitrogen and oxygen atoms in total. The number of halogens is 1. The molecule has 1 radical (unpaired) electrons. The lowest BCUT2D eigenvalue weighted by Gasteiger charge is -2.33. The van der Waals surface area contributed by atoms with E-state index < -0.39 is 9.04 Å². The lowest BCUT2D eigenvalue weighted by atomic mass is 9.85. The zero-order valence-corrected chi connectivity index (χ0v) is 20.9. The van der Waals surface area contributed by atoms with Gasteiger partial charge in [-0.1, -0.05) is 97.4 Å². The zero-order chi connectivity index (χ0) is 21.7. The molecule has 0 N–H and O–H groups in total. The fourth-order valence-corrected chi connectivity index (χ4v) is 4.77. The van der Waals surface area contributed by atoms with Gasteiger partial charge in [-0.2, -0.15) is 0 Å². The lowest BCUT2D eigenvalue weighted by Crippen LogP contribution is -2.26. The summed E-state index contributed by atoms with van der Waals surface area (Å²) in [6, 6.07) is 27.0. The van der Waals surface area contributed by atoms with E-state index in [2.05, 4.69) is 117 Å². The van der Waals surface area contributed by atoms with Crippen LogP contribution in [0.5, 0.6) is 0 Å². The van der Waals surface area contributed by atoms with E-state index in [9.17, 15) is 0 Å². The fraction of sp³-hybridized carbons (Fsp3) is 0.269. The molecule has 1 atom stereocenters. The van der Waals surface area contributed by atoms with Gasteiger partial charge >= 0.3 is 0 Å². The Bertz CT molecular complexity index is 953. The Balaban J connectivity index is 2.12. The van der Waals surface area contributed by atoms with Crippen molar-refractivity contribution in [3.8, 4) is 0 Å². The first-order chi connectivity index (χ1) is 14.3. The maximum Gasteiger partial charge on any atom is 0.205 e. The average molecular weight is 480 g/mol. The van der Waals surface area contributed by atoms with E-state index in [4.69, 9.17) is 9.42 Å². The Kier molecular flexibility index (Phi) is 7.45. The lowest BCUT2D eigenvalue weighted by molar-refractivity contribution is 0.0860. The van der Waals surface area contributed by atoms with Gasteiger partial charge in [-0.25, -0.2) is 4.99 Å². The van der Waals surface area contributed by atoms with Crippen LogP contribution in [-0.4, -0.2) is 14.8 Å². The monoisotopic (exact) mass is 478 g/mol. The maximum absolute atomic E-state index is 6.43. The van der Waals surface area contributed by atoms with Crippen LogP contribution in [0.3, 0.4) is 0 Å². The van der Waals surface area contributed by atoms with Crippen LogP contribution in [0.1, 0.15) is 43.6 Å². The molecule has 0 saturated heterocycles. The van der Waals surface area contributed by atoms with E-state index in [1.165, 1.54) is 0 Å². The molecule has 0 aliphatic carbocycles. The summed E-state index contributed by atoms with van der Waals surface area (Å²) in [5.74, 6) is 0. The molecule has 30 heavy (non-hydrogen) atoms. The summed E-state index contributed by atoms with van der Waals surface area (Å²) in [6.07, 6.45) is 0.00261. The van der Waals surface area contributed by atoms with Crippen LogP contribution in [-0.2, 0) is 4.43 Å². The van der Waals surface area contributed by atoms with Gasteiger partial charge in [0.25, 0.3) is 0 Å². The topological polar surface area (TPSA) is 21.6 Å². The summed E-state index contributed by atoms with van der Waals surface area (Å²) in [6.45, 7) is 11.0. The third-order valence-corrected chi connectivity index (χ3v) is 6.17. The minimum atomic E-state index is -0.857. The van der Waals surface area contributed by atoms with Gasteiger partial charge in [0.2, 0.25) is 9.04 Å². The maximum atomic E-state index is 6.43. The second kappa shape index (κ2) is 9.86. The van der Waals surface area contributed by atoms with Crippen molar-refractivity contribution < 1.29 is 4.43 Å². The number of aliphatic imine (C=N–C) groups is 1. The number of benzene rings is 3. The predicted molar refractivity (Wildman–Crippen MR) is 133 cm³/mol. The van der Waals surface area contributed by atoms with Crippen LogP contribution in [0, 0.1) is 5.41 Å². The standard InChI is InChI=1S/C26H29BrNOSi/c1-26(2,3)25(29-30(4)5)22-18-21(16-17-23(22)27)28-24(19-12-8-6-9-13-19)20-14-10-7-11-15-20/h6-18,25H,1-5H3. The van der Waals surface area contributed by atoms with Gasteiger partial charge in [-0.3, -0.25) is 0 Å². The fourth-order valence-electron chi connectivity index (χ4n) is 3.36.